The molecule has 0 aromatic carbocycles. The monoisotopic (exact) mass is 365 g/mol. The Kier molecular flexibility index (Phi) is 3.30. The Balaban J connectivity index is 0. The minimum atomic E-state index is -2.69. The van der Waals surface area contributed by atoms with E-state index in [1.54, 1.807) is 0 Å². The first-order valence-corrected chi connectivity index (χ1v) is 1.04. The van der Waals surface area contributed by atoms with Crippen molar-refractivity contribution in [3.63, 3.8) is 0 Å². The Morgan fingerprint density at radius 1 is 1.14 bits per heavy atom. The molecule has 0 saturated heterocycles. The summed E-state index contributed by atoms with van der Waals surface area (Å²) in [7, 11) is 0. The topological polar surface area (TPSA) is 20.2 Å². The molecule has 0 aromatic rings. The van der Waals surface area contributed by atoms with Crippen LogP contribution in [-0.2, 0) is 0 Å². The van der Waals surface area contributed by atoms with Gasteiger partial charge < -0.3 is 5.11 Å². The quantitative estimate of drug-likeness (QED) is 0.647. The molecule has 0 aliphatic carbocycles. The van der Waals surface area contributed by atoms with E-state index in [2.05, 4.69) is 0 Å². The molecule has 7 heavy (non-hydrogen) atoms. The molecule has 1 N–H and O–H groups in total. The Labute approximate surface area is 31.7 Å². The molecule has 0 heterocycles. The molecule has 5 heteroatoms. The second kappa shape index (κ2) is 2.56. The maximum atomic E-state index is 10.5. The van der Waals surface area contributed by atoms with E-state index in [1.807, 2.05) is 0 Å². The zero-order chi connectivity index (χ0) is 5.15. The summed E-state index contributed by atoms with van der Waals surface area (Å²) in [5, 5.41) is 7.09. The van der Waals surface area contributed by atoms with E-state index in [9.17, 15) is 13.2 Å². The first kappa shape index (κ1) is 9.01. The molecule has 0 rings (SSSR count). The summed E-state index contributed by atoms with van der Waals surface area (Å²) in [6.07, 6.45) is -2.69. The number of hydrogen-bond donors (Lipinski definition) is 1. The summed E-state index contributed by atoms with van der Waals surface area (Å²) in [6, 6.07) is -2.41. The van der Waals surface area contributed by atoms with Crippen LogP contribution in [0.3, 0.4) is 0 Å². The fourth-order valence-electron chi connectivity index (χ4n) is 0. The van der Waals surface area contributed by atoms with Crippen LogP contribution < -0.4 is 0 Å². The van der Waals surface area contributed by atoms with Gasteiger partial charge in [-0.1, -0.05) is 0 Å². The average molecular weight is 365 g/mol. The standard InChI is InChI=1S/C2HF3O.Rf/c3-1(4)2(5)6;/h6H;. The van der Waals surface area contributed by atoms with E-state index < -0.39 is 12.1 Å². The third-order valence-corrected chi connectivity index (χ3v) is 0.156. The van der Waals surface area contributed by atoms with E-state index in [1.165, 1.54) is 0 Å². The second-order valence-electron chi connectivity index (χ2n) is 0.551. The van der Waals surface area contributed by atoms with Crippen molar-refractivity contribution in [3.8, 4) is 0 Å². The number of aliphatic hydroxyl groups is 1. The van der Waals surface area contributed by atoms with E-state index in [0.717, 1.165) is 0 Å². The van der Waals surface area contributed by atoms with Gasteiger partial charge in [0.1, 0.15) is 0 Å². The van der Waals surface area contributed by atoms with Crippen LogP contribution in [0, 0.1) is 0 Å². The van der Waals surface area contributed by atoms with Crippen LogP contribution in [0.15, 0.2) is 12.1 Å². The molecule has 0 unspecified atom stereocenters. The normalized spacial score (nSPS) is 6.71. The van der Waals surface area contributed by atoms with Crippen LogP contribution >= 0.6 is 0 Å². The predicted molar refractivity (Wildman–Crippen MR) is 13.0 cm³/mol. The fraction of sp³-hybridized carbons (Fsp3) is 0. The Bertz CT molecular complexity index is 63.0. The Hall–Kier alpha value is -1.67. The van der Waals surface area contributed by atoms with Crippen LogP contribution in [0.25, 0.3) is 0 Å². The summed E-state index contributed by atoms with van der Waals surface area (Å²) in [6.45, 7) is 0. The number of aliphatic hydroxyl groups excluding tert-OH is 1. The van der Waals surface area contributed by atoms with Crippen LogP contribution in [0.1, 0.15) is 0 Å². The van der Waals surface area contributed by atoms with Gasteiger partial charge in [-0.05, 0) is 0 Å². The van der Waals surface area contributed by atoms with Crippen LogP contribution in [0.4, 0.5) is 13.2 Å². The van der Waals surface area contributed by atoms with E-state index >= 15 is 0 Å². The third kappa shape index (κ3) is 4.33. The van der Waals surface area contributed by atoms with Gasteiger partial charge in [-0.2, -0.15) is 13.2 Å². The van der Waals surface area contributed by atoms with Gasteiger partial charge in [0.2, 0.25) is 0 Å². The van der Waals surface area contributed by atoms with Gasteiger partial charge >= 0.3 is 12.1 Å². The first-order chi connectivity index (χ1) is 2.64. The zero-order valence-electron chi connectivity index (χ0n) is 3.29. The Morgan fingerprint density at radius 2 is 1.29 bits per heavy atom. The second-order valence-corrected chi connectivity index (χ2v) is 0.551. The average Bonchev–Trinajstić information content (AvgIpc) is 1.36. The van der Waals surface area contributed by atoms with Crippen molar-refractivity contribution in [1.29, 1.82) is 0 Å². The molecule has 1 nitrogen and oxygen atoms in total. The first-order valence-electron chi connectivity index (χ1n) is 1.04. The summed E-state index contributed by atoms with van der Waals surface area (Å²) < 4.78 is 31.3. The van der Waals surface area contributed by atoms with Gasteiger partial charge in [-0.15, -0.1) is 0 Å². The van der Waals surface area contributed by atoms with Crippen molar-refractivity contribution >= 4 is 0 Å². The molecule has 0 bridgehead atoms. The maximum Gasteiger partial charge on any atom is 0.341 e. The van der Waals surface area contributed by atoms with Crippen molar-refractivity contribution in [1.82, 2.24) is 0 Å². The van der Waals surface area contributed by atoms with Gasteiger partial charge in [0.05, 0.1) is 0 Å². The molecule has 0 aromatic heterocycles. The van der Waals surface area contributed by atoms with E-state index in [0.29, 0.717) is 0 Å². The van der Waals surface area contributed by atoms with Crippen molar-refractivity contribution < 1.29 is 18.3 Å². The van der Waals surface area contributed by atoms with Gasteiger partial charge in [0, 0.05) is 0 Å². The van der Waals surface area contributed by atoms with E-state index in [4.69, 9.17) is 5.11 Å². The summed E-state index contributed by atoms with van der Waals surface area (Å²) >= 11 is 0. The van der Waals surface area contributed by atoms with Crippen molar-refractivity contribution in [2.45, 2.75) is 0 Å². The SMILES string of the molecule is OC(F)=C(F)F.[Rf]. The molecule has 0 saturated carbocycles. The third-order valence-electron chi connectivity index (χ3n) is 0.156. The molecule has 0 fully saturated rings. The fourth-order valence-corrected chi connectivity index (χ4v) is 0. The van der Waals surface area contributed by atoms with Crippen molar-refractivity contribution in [2.24, 2.45) is 0 Å². The van der Waals surface area contributed by atoms with Gasteiger partial charge in [-0.25, -0.2) is 0 Å². The smallest absolute Gasteiger partial charge is 0.341 e. The van der Waals surface area contributed by atoms with Crippen LogP contribution in [-0.4, -0.2) is 5.11 Å². The zero-order valence-corrected chi connectivity index (χ0v) is 9.69. The largest absolute Gasteiger partial charge is 0.483 e. The van der Waals surface area contributed by atoms with Crippen LogP contribution in [0.5, 0.6) is 0 Å². The summed E-state index contributed by atoms with van der Waals surface area (Å²) in [5.41, 5.74) is 0. The molecular formula is C2HF3ORf. The molecular weight excluding hydrogens is 364 g/mol. The number of halogens is 3. The van der Waals surface area contributed by atoms with Crippen molar-refractivity contribution in [2.75, 3.05) is 0 Å². The van der Waals surface area contributed by atoms with Gasteiger partial charge in [0.25, 0.3) is 0 Å². The molecule has 0 atom stereocenters. The van der Waals surface area contributed by atoms with Crippen molar-refractivity contribution in [3.05, 3.63) is 12.1 Å². The molecule has 0 radical (unpaired) electrons. The maximum absolute atomic E-state index is 10.5. The molecule has 0 spiro atoms. The Morgan fingerprint density at radius 3 is 1.29 bits per heavy atom. The molecule has 38 valence electrons. The van der Waals surface area contributed by atoms with E-state index in [-0.39, 0.29) is 0 Å². The number of hydrogen-bond acceptors (Lipinski definition) is 1. The molecule has 0 amide bonds. The van der Waals surface area contributed by atoms with Crippen LogP contribution in [0.2, 0.25) is 0 Å². The van der Waals surface area contributed by atoms with Gasteiger partial charge in [0.15, 0.2) is 0 Å². The molecule has 0 aliphatic rings. The molecule has 0 aliphatic heterocycles. The minimum Gasteiger partial charge on any atom is -0.483 e. The summed E-state index contributed by atoms with van der Waals surface area (Å²) in [5.74, 6) is 0. The van der Waals surface area contributed by atoms with Gasteiger partial charge in [-0.3, -0.25) is 0 Å². The summed E-state index contributed by atoms with van der Waals surface area (Å²) in [4.78, 5) is 0. The minimum absolute atomic E-state index is 0. The predicted octanol–water partition coefficient (Wildman–Crippen LogP) is 1.58. The number of rotatable bonds is 0.